The Balaban J connectivity index is 2.00. The number of nitrogens with zero attached hydrogens (tertiary/aromatic N) is 1. The normalized spacial score (nSPS) is 21.7. The molecule has 0 saturated carbocycles. The van der Waals surface area contributed by atoms with E-state index in [0.717, 1.165) is 32.0 Å². The van der Waals surface area contributed by atoms with Crippen molar-refractivity contribution in [2.45, 2.75) is 19.4 Å². The van der Waals surface area contributed by atoms with Gasteiger partial charge in [-0.15, -0.1) is 0 Å². The molecule has 94 valence electrons. The zero-order chi connectivity index (χ0) is 12.3. The van der Waals surface area contributed by atoms with E-state index in [1.54, 1.807) is 0 Å². The molecular weight excluding hydrogens is 222 g/mol. The average molecular weight is 240 g/mol. The van der Waals surface area contributed by atoms with E-state index in [-0.39, 0.29) is 0 Å². The molecular formula is C13H18F2N2. The third-order valence-corrected chi connectivity index (χ3v) is 3.35. The first-order chi connectivity index (χ1) is 8.19. The van der Waals surface area contributed by atoms with Crippen LogP contribution >= 0.6 is 0 Å². The molecule has 1 aliphatic rings. The summed E-state index contributed by atoms with van der Waals surface area (Å²) < 4.78 is 26.3. The van der Waals surface area contributed by atoms with Crippen LogP contribution in [-0.4, -0.2) is 24.5 Å². The Labute approximate surface area is 100 Å². The van der Waals surface area contributed by atoms with Gasteiger partial charge in [0.05, 0.1) is 0 Å². The summed E-state index contributed by atoms with van der Waals surface area (Å²) in [5, 5.41) is 0. The predicted octanol–water partition coefficient (Wildman–Crippen LogP) is 2.14. The third-order valence-electron chi connectivity index (χ3n) is 3.35. The fourth-order valence-electron chi connectivity index (χ4n) is 2.38. The lowest BCUT2D eigenvalue weighted by Crippen LogP contribution is -2.38. The Morgan fingerprint density at radius 3 is 2.88 bits per heavy atom. The van der Waals surface area contributed by atoms with Crippen LogP contribution in [0.2, 0.25) is 0 Å². The van der Waals surface area contributed by atoms with Crippen molar-refractivity contribution in [3.8, 4) is 0 Å². The summed E-state index contributed by atoms with van der Waals surface area (Å²) in [6.07, 6.45) is 2.25. The molecule has 0 spiro atoms. The Bertz CT molecular complexity index is 382. The molecule has 0 bridgehead atoms. The lowest BCUT2D eigenvalue weighted by molar-refractivity contribution is 0.169. The molecule has 1 saturated heterocycles. The summed E-state index contributed by atoms with van der Waals surface area (Å²) in [6.45, 7) is 3.10. The van der Waals surface area contributed by atoms with Gasteiger partial charge in [0.15, 0.2) is 0 Å². The summed E-state index contributed by atoms with van der Waals surface area (Å²) in [4.78, 5) is 2.19. The van der Waals surface area contributed by atoms with Crippen molar-refractivity contribution in [1.82, 2.24) is 4.90 Å². The van der Waals surface area contributed by atoms with Crippen molar-refractivity contribution in [3.05, 3.63) is 35.4 Å². The van der Waals surface area contributed by atoms with E-state index in [0.29, 0.717) is 24.6 Å². The largest absolute Gasteiger partial charge is 0.330 e. The monoisotopic (exact) mass is 240 g/mol. The lowest BCUT2D eigenvalue weighted by atomic mass is 9.98. The van der Waals surface area contributed by atoms with Crippen LogP contribution in [0.3, 0.4) is 0 Å². The maximum atomic E-state index is 13.5. The van der Waals surface area contributed by atoms with E-state index < -0.39 is 11.6 Å². The van der Waals surface area contributed by atoms with Gasteiger partial charge in [-0.05, 0) is 37.9 Å². The molecule has 0 aliphatic carbocycles. The molecule has 1 aliphatic heterocycles. The second kappa shape index (κ2) is 5.56. The molecule has 0 amide bonds. The van der Waals surface area contributed by atoms with Crippen molar-refractivity contribution in [3.63, 3.8) is 0 Å². The van der Waals surface area contributed by atoms with Crippen molar-refractivity contribution < 1.29 is 8.78 Å². The number of halogens is 2. The highest BCUT2D eigenvalue weighted by Crippen LogP contribution is 2.19. The minimum atomic E-state index is -0.523. The van der Waals surface area contributed by atoms with Crippen molar-refractivity contribution in [2.75, 3.05) is 19.6 Å². The average Bonchev–Trinajstić information content (AvgIpc) is 2.33. The Hall–Kier alpha value is -1.00. The van der Waals surface area contributed by atoms with Crippen LogP contribution in [0, 0.1) is 17.6 Å². The zero-order valence-electron chi connectivity index (χ0n) is 9.83. The molecule has 0 unspecified atom stereocenters. The molecule has 2 rings (SSSR count). The van der Waals surface area contributed by atoms with Gasteiger partial charge >= 0.3 is 0 Å². The van der Waals surface area contributed by atoms with E-state index in [1.807, 2.05) is 0 Å². The fourth-order valence-corrected chi connectivity index (χ4v) is 2.38. The highest BCUT2D eigenvalue weighted by Gasteiger charge is 2.19. The number of benzene rings is 1. The van der Waals surface area contributed by atoms with Gasteiger partial charge in [-0.1, -0.05) is 6.07 Å². The van der Waals surface area contributed by atoms with Gasteiger partial charge in [0.1, 0.15) is 11.6 Å². The molecule has 2 N–H and O–H groups in total. The maximum absolute atomic E-state index is 13.5. The van der Waals surface area contributed by atoms with Crippen molar-refractivity contribution >= 4 is 0 Å². The summed E-state index contributed by atoms with van der Waals surface area (Å²) in [5.74, 6) is -0.475. The zero-order valence-corrected chi connectivity index (χ0v) is 9.83. The van der Waals surface area contributed by atoms with E-state index >= 15 is 0 Å². The smallest absolute Gasteiger partial charge is 0.130 e. The topological polar surface area (TPSA) is 29.3 Å². The van der Waals surface area contributed by atoms with Crippen molar-refractivity contribution in [2.24, 2.45) is 11.7 Å². The first kappa shape index (κ1) is 12.5. The van der Waals surface area contributed by atoms with Gasteiger partial charge in [-0.2, -0.15) is 0 Å². The lowest BCUT2D eigenvalue weighted by Gasteiger charge is -2.32. The van der Waals surface area contributed by atoms with E-state index in [1.165, 1.54) is 12.1 Å². The van der Waals surface area contributed by atoms with E-state index in [4.69, 9.17) is 5.73 Å². The molecule has 4 heteroatoms. The summed E-state index contributed by atoms with van der Waals surface area (Å²) in [5.41, 5.74) is 6.22. The van der Waals surface area contributed by atoms with Crippen LogP contribution < -0.4 is 5.73 Å². The van der Waals surface area contributed by atoms with Crippen molar-refractivity contribution in [1.29, 1.82) is 0 Å². The maximum Gasteiger partial charge on any atom is 0.130 e. The standard InChI is InChI=1S/C13H18F2N2/c14-12-4-3-11(13(15)6-12)9-17-5-1-2-10(7-16)8-17/h3-4,6,10H,1-2,5,7-9,16H2/t10-/m0/s1. The fraction of sp³-hybridized carbons (Fsp3) is 0.538. The Morgan fingerprint density at radius 2 is 2.18 bits per heavy atom. The molecule has 1 aromatic rings. The molecule has 17 heavy (non-hydrogen) atoms. The number of hydrogen-bond donors (Lipinski definition) is 1. The summed E-state index contributed by atoms with van der Waals surface area (Å²) >= 11 is 0. The third kappa shape index (κ3) is 3.23. The number of hydrogen-bond acceptors (Lipinski definition) is 2. The first-order valence-electron chi connectivity index (χ1n) is 6.05. The highest BCUT2D eigenvalue weighted by molar-refractivity contribution is 5.18. The Morgan fingerprint density at radius 1 is 1.35 bits per heavy atom. The molecule has 1 atom stereocenters. The number of nitrogens with two attached hydrogens (primary N) is 1. The van der Waals surface area contributed by atoms with E-state index in [2.05, 4.69) is 4.90 Å². The predicted molar refractivity (Wildman–Crippen MR) is 63.4 cm³/mol. The second-order valence-electron chi connectivity index (χ2n) is 4.71. The van der Waals surface area contributed by atoms with Crippen LogP contribution in [0.5, 0.6) is 0 Å². The molecule has 1 heterocycles. The van der Waals surface area contributed by atoms with Gasteiger partial charge in [0, 0.05) is 24.7 Å². The van der Waals surface area contributed by atoms with Crippen LogP contribution in [0.4, 0.5) is 8.78 Å². The van der Waals surface area contributed by atoms with E-state index in [9.17, 15) is 8.78 Å². The SMILES string of the molecule is NC[C@@H]1CCCN(Cc2ccc(F)cc2F)C1. The number of rotatable bonds is 3. The second-order valence-corrected chi connectivity index (χ2v) is 4.71. The molecule has 1 fully saturated rings. The molecule has 1 aromatic carbocycles. The van der Waals surface area contributed by atoms with Gasteiger partial charge < -0.3 is 5.73 Å². The van der Waals surface area contributed by atoms with Crippen LogP contribution in [0.25, 0.3) is 0 Å². The molecule has 0 radical (unpaired) electrons. The number of likely N-dealkylation sites (tertiary alicyclic amines) is 1. The van der Waals surface area contributed by atoms with Gasteiger partial charge in [0.25, 0.3) is 0 Å². The summed E-state index contributed by atoms with van der Waals surface area (Å²) in [6, 6.07) is 3.78. The highest BCUT2D eigenvalue weighted by atomic mass is 19.1. The van der Waals surface area contributed by atoms with Gasteiger partial charge in [-0.25, -0.2) is 8.78 Å². The molecule has 0 aromatic heterocycles. The van der Waals surface area contributed by atoms with Gasteiger partial charge in [0.2, 0.25) is 0 Å². The molecule has 2 nitrogen and oxygen atoms in total. The van der Waals surface area contributed by atoms with Crippen LogP contribution in [0.1, 0.15) is 18.4 Å². The number of piperidine rings is 1. The van der Waals surface area contributed by atoms with Gasteiger partial charge in [-0.3, -0.25) is 4.90 Å². The first-order valence-corrected chi connectivity index (χ1v) is 6.05. The minimum Gasteiger partial charge on any atom is -0.330 e. The minimum absolute atomic E-state index is 0.458. The Kier molecular flexibility index (Phi) is 4.07. The van der Waals surface area contributed by atoms with Crippen LogP contribution in [-0.2, 0) is 6.54 Å². The quantitative estimate of drug-likeness (QED) is 0.877. The summed E-state index contributed by atoms with van der Waals surface area (Å²) in [7, 11) is 0. The van der Waals surface area contributed by atoms with Crippen LogP contribution in [0.15, 0.2) is 18.2 Å².